The zero-order chi connectivity index (χ0) is 9.68. The van der Waals surface area contributed by atoms with Crippen LogP contribution in [0.25, 0.3) is 0 Å². The summed E-state index contributed by atoms with van der Waals surface area (Å²) >= 11 is 0. The van der Waals surface area contributed by atoms with Gasteiger partial charge in [0, 0.05) is 6.04 Å². The summed E-state index contributed by atoms with van der Waals surface area (Å²) < 4.78 is 5.02. The van der Waals surface area contributed by atoms with Crippen LogP contribution in [0.1, 0.15) is 5.56 Å². The minimum atomic E-state index is -0.173. The SMILES string of the molecule is COc1ccc(C[C@H](N)CO)cc1.Cl. The highest BCUT2D eigenvalue weighted by Gasteiger charge is 2.01. The Labute approximate surface area is 90.3 Å². The second-order valence-electron chi connectivity index (χ2n) is 2.99. The van der Waals surface area contributed by atoms with E-state index in [-0.39, 0.29) is 25.1 Å². The van der Waals surface area contributed by atoms with Crippen molar-refractivity contribution in [3.8, 4) is 5.75 Å². The van der Waals surface area contributed by atoms with Crippen molar-refractivity contribution in [3.05, 3.63) is 29.8 Å². The van der Waals surface area contributed by atoms with Crippen LogP contribution in [-0.4, -0.2) is 24.9 Å². The molecule has 3 N–H and O–H groups in total. The third-order valence-corrected chi connectivity index (χ3v) is 1.89. The van der Waals surface area contributed by atoms with Gasteiger partial charge in [0.15, 0.2) is 0 Å². The molecule has 0 saturated carbocycles. The lowest BCUT2D eigenvalue weighted by atomic mass is 10.1. The van der Waals surface area contributed by atoms with E-state index in [1.165, 1.54) is 0 Å². The first-order valence-corrected chi connectivity index (χ1v) is 4.25. The first-order valence-electron chi connectivity index (χ1n) is 4.25. The van der Waals surface area contributed by atoms with Gasteiger partial charge in [-0.2, -0.15) is 0 Å². The van der Waals surface area contributed by atoms with E-state index >= 15 is 0 Å². The Hall–Kier alpha value is -0.770. The normalized spacial score (nSPS) is 11.6. The maximum absolute atomic E-state index is 8.75. The summed E-state index contributed by atoms with van der Waals surface area (Å²) in [6.45, 7) is 0.0199. The number of aliphatic hydroxyl groups is 1. The van der Waals surface area contributed by atoms with Gasteiger partial charge in [-0.15, -0.1) is 12.4 Å². The third-order valence-electron chi connectivity index (χ3n) is 1.89. The smallest absolute Gasteiger partial charge is 0.118 e. The summed E-state index contributed by atoms with van der Waals surface area (Å²) in [4.78, 5) is 0. The molecule has 1 rings (SSSR count). The van der Waals surface area contributed by atoms with Crippen molar-refractivity contribution >= 4 is 12.4 Å². The minimum Gasteiger partial charge on any atom is -0.497 e. The van der Waals surface area contributed by atoms with Crippen molar-refractivity contribution in [2.45, 2.75) is 12.5 Å². The summed E-state index contributed by atoms with van der Waals surface area (Å²) in [5.74, 6) is 0.835. The van der Waals surface area contributed by atoms with Gasteiger partial charge in [0.25, 0.3) is 0 Å². The van der Waals surface area contributed by atoms with E-state index in [4.69, 9.17) is 15.6 Å². The highest BCUT2D eigenvalue weighted by atomic mass is 35.5. The molecule has 0 spiro atoms. The molecule has 0 saturated heterocycles. The maximum atomic E-state index is 8.75. The zero-order valence-electron chi connectivity index (χ0n) is 8.14. The van der Waals surface area contributed by atoms with Crippen LogP contribution in [0.4, 0.5) is 0 Å². The van der Waals surface area contributed by atoms with Crippen molar-refractivity contribution < 1.29 is 9.84 Å². The Morgan fingerprint density at radius 2 is 1.93 bits per heavy atom. The summed E-state index contributed by atoms with van der Waals surface area (Å²) in [7, 11) is 1.63. The molecule has 80 valence electrons. The molecule has 1 aromatic rings. The molecule has 3 nitrogen and oxygen atoms in total. The number of nitrogens with two attached hydrogens (primary N) is 1. The predicted molar refractivity (Wildman–Crippen MR) is 59.0 cm³/mol. The fourth-order valence-corrected chi connectivity index (χ4v) is 1.13. The summed E-state index contributed by atoms with van der Waals surface area (Å²) in [5.41, 5.74) is 6.71. The van der Waals surface area contributed by atoms with Crippen LogP contribution in [0.2, 0.25) is 0 Å². The lowest BCUT2D eigenvalue weighted by Crippen LogP contribution is -2.26. The van der Waals surface area contributed by atoms with Gasteiger partial charge < -0.3 is 15.6 Å². The summed E-state index contributed by atoms with van der Waals surface area (Å²) in [6, 6.07) is 7.51. The first kappa shape index (κ1) is 13.2. The Kier molecular flexibility index (Phi) is 6.28. The second-order valence-corrected chi connectivity index (χ2v) is 2.99. The van der Waals surface area contributed by atoms with Crippen LogP contribution in [0.15, 0.2) is 24.3 Å². The number of methoxy groups -OCH3 is 1. The van der Waals surface area contributed by atoms with E-state index in [0.29, 0.717) is 6.42 Å². The molecule has 0 fully saturated rings. The number of rotatable bonds is 4. The highest BCUT2D eigenvalue weighted by Crippen LogP contribution is 2.11. The van der Waals surface area contributed by atoms with Crippen molar-refractivity contribution in [3.63, 3.8) is 0 Å². The molecule has 14 heavy (non-hydrogen) atoms. The first-order chi connectivity index (χ1) is 6.26. The molecule has 0 heterocycles. The topological polar surface area (TPSA) is 55.5 Å². The van der Waals surface area contributed by atoms with E-state index in [1.54, 1.807) is 7.11 Å². The number of hydrogen-bond acceptors (Lipinski definition) is 3. The number of halogens is 1. The molecule has 0 bridgehead atoms. The molecule has 0 unspecified atom stereocenters. The van der Waals surface area contributed by atoms with Crippen molar-refractivity contribution in [2.75, 3.05) is 13.7 Å². The fourth-order valence-electron chi connectivity index (χ4n) is 1.13. The van der Waals surface area contributed by atoms with Gasteiger partial charge in [0.1, 0.15) is 5.75 Å². The number of aliphatic hydroxyl groups excluding tert-OH is 1. The third kappa shape index (κ3) is 3.96. The number of benzene rings is 1. The Morgan fingerprint density at radius 3 is 2.36 bits per heavy atom. The molecule has 1 aromatic carbocycles. The monoisotopic (exact) mass is 217 g/mol. The quantitative estimate of drug-likeness (QED) is 0.791. The highest BCUT2D eigenvalue weighted by molar-refractivity contribution is 5.85. The lowest BCUT2D eigenvalue weighted by molar-refractivity contribution is 0.265. The maximum Gasteiger partial charge on any atom is 0.118 e. The van der Waals surface area contributed by atoms with E-state index in [2.05, 4.69) is 0 Å². The molecular weight excluding hydrogens is 202 g/mol. The molecule has 1 atom stereocenters. The zero-order valence-corrected chi connectivity index (χ0v) is 8.96. The molecule has 0 radical (unpaired) electrons. The van der Waals surface area contributed by atoms with Crippen LogP contribution in [-0.2, 0) is 6.42 Å². The lowest BCUT2D eigenvalue weighted by Gasteiger charge is -2.08. The Balaban J connectivity index is 0.00000169. The van der Waals surface area contributed by atoms with Gasteiger partial charge in [0.05, 0.1) is 13.7 Å². The number of hydrogen-bond donors (Lipinski definition) is 2. The van der Waals surface area contributed by atoms with Gasteiger partial charge >= 0.3 is 0 Å². The van der Waals surface area contributed by atoms with Gasteiger partial charge in [-0.3, -0.25) is 0 Å². The van der Waals surface area contributed by atoms with Gasteiger partial charge in [-0.1, -0.05) is 12.1 Å². The fraction of sp³-hybridized carbons (Fsp3) is 0.400. The van der Waals surface area contributed by atoms with Crippen LogP contribution in [0, 0.1) is 0 Å². The van der Waals surface area contributed by atoms with Crippen LogP contribution in [0.5, 0.6) is 5.75 Å². The van der Waals surface area contributed by atoms with Crippen molar-refractivity contribution in [2.24, 2.45) is 5.73 Å². The molecule has 0 amide bonds. The summed E-state index contributed by atoms with van der Waals surface area (Å²) in [5, 5.41) is 8.75. The average Bonchev–Trinajstić information content (AvgIpc) is 2.19. The minimum absolute atomic E-state index is 0. The van der Waals surface area contributed by atoms with Gasteiger partial charge in [0.2, 0.25) is 0 Å². The largest absolute Gasteiger partial charge is 0.497 e. The number of ether oxygens (including phenoxy) is 1. The van der Waals surface area contributed by atoms with E-state index in [1.807, 2.05) is 24.3 Å². The molecule has 0 aliphatic heterocycles. The van der Waals surface area contributed by atoms with Crippen LogP contribution < -0.4 is 10.5 Å². The van der Waals surface area contributed by atoms with Crippen LogP contribution in [0.3, 0.4) is 0 Å². The van der Waals surface area contributed by atoms with Gasteiger partial charge in [-0.25, -0.2) is 0 Å². The molecule has 0 aliphatic rings. The average molecular weight is 218 g/mol. The molecular formula is C10H16ClNO2. The molecule has 0 aliphatic carbocycles. The molecule has 0 aromatic heterocycles. The van der Waals surface area contributed by atoms with E-state index in [0.717, 1.165) is 11.3 Å². The Morgan fingerprint density at radius 1 is 1.36 bits per heavy atom. The predicted octanol–water partition coefficient (Wildman–Crippen LogP) is 0.979. The second kappa shape index (κ2) is 6.65. The van der Waals surface area contributed by atoms with Gasteiger partial charge in [-0.05, 0) is 24.1 Å². The Bertz CT molecular complexity index is 251. The van der Waals surface area contributed by atoms with Crippen molar-refractivity contribution in [1.82, 2.24) is 0 Å². The summed E-state index contributed by atoms with van der Waals surface area (Å²) in [6.07, 6.45) is 0.695. The standard InChI is InChI=1S/C10H15NO2.ClH/c1-13-10-4-2-8(3-5-10)6-9(11)7-12;/h2-5,9,12H,6-7,11H2,1H3;1H/t9-;/m0./s1. The van der Waals surface area contributed by atoms with E-state index < -0.39 is 0 Å². The van der Waals surface area contributed by atoms with Crippen LogP contribution >= 0.6 is 12.4 Å². The van der Waals surface area contributed by atoms with Crippen molar-refractivity contribution in [1.29, 1.82) is 0 Å². The van der Waals surface area contributed by atoms with E-state index in [9.17, 15) is 0 Å². The molecule has 4 heteroatoms.